The van der Waals surface area contributed by atoms with Crippen LogP contribution in [0.2, 0.25) is 0 Å². The van der Waals surface area contributed by atoms with Gasteiger partial charge in [0.15, 0.2) is 0 Å². The minimum atomic E-state index is 0.0190. The fourth-order valence-electron chi connectivity index (χ4n) is 2.86. The Kier molecular flexibility index (Phi) is 4.48. The van der Waals surface area contributed by atoms with E-state index in [0.29, 0.717) is 30.2 Å². The van der Waals surface area contributed by atoms with E-state index in [2.05, 4.69) is 18.8 Å². The summed E-state index contributed by atoms with van der Waals surface area (Å²) in [5.74, 6) is 0.0190. The smallest absolute Gasteiger partial charge is 0.274 e. The minimum absolute atomic E-state index is 0.0190. The van der Waals surface area contributed by atoms with Crippen LogP contribution in [-0.4, -0.2) is 40.0 Å². The van der Waals surface area contributed by atoms with Crippen molar-refractivity contribution in [1.29, 1.82) is 0 Å². The number of hydrogen-bond donors (Lipinski definition) is 1. The van der Waals surface area contributed by atoms with Gasteiger partial charge in [0.05, 0.1) is 6.33 Å². The van der Waals surface area contributed by atoms with Crippen molar-refractivity contribution in [3.8, 4) is 0 Å². The van der Waals surface area contributed by atoms with Gasteiger partial charge in [-0.15, -0.1) is 0 Å². The number of aromatic nitrogens is 2. The first-order valence-corrected chi connectivity index (χ1v) is 7.42. The first-order valence-electron chi connectivity index (χ1n) is 7.42. The van der Waals surface area contributed by atoms with Gasteiger partial charge in [-0.25, -0.2) is 4.98 Å². The highest BCUT2D eigenvalue weighted by Crippen LogP contribution is 2.36. The Bertz CT molecular complexity index is 456. The lowest BCUT2D eigenvalue weighted by atomic mass is 9.75. The van der Waals surface area contributed by atoms with Crippen LogP contribution in [0.15, 0.2) is 12.5 Å². The summed E-state index contributed by atoms with van der Waals surface area (Å²) in [5.41, 5.74) is 6.44. The second-order valence-corrected chi connectivity index (χ2v) is 6.60. The van der Waals surface area contributed by atoms with Gasteiger partial charge in [0.1, 0.15) is 5.69 Å². The largest absolute Gasteiger partial charge is 0.337 e. The van der Waals surface area contributed by atoms with E-state index in [0.717, 1.165) is 12.8 Å². The average Bonchev–Trinajstić information content (AvgIpc) is 2.86. The predicted octanol–water partition coefficient (Wildman–Crippen LogP) is 1.88. The molecule has 1 amide bonds. The van der Waals surface area contributed by atoms with E-state index in [4.69, 9.17) is 5.73 Å². The number of imidazole rings is 1. The van der Waals surface area contributed by atoms with Gasteiger partial charge in [-0.1, -0.05) is 13.8 Å². The van der Waals surface area contributed by atoms with E-state index in [1.54, 1.807) is 12.5 Å². The zero-order valence-corrected chi connectivity index (χ0v) is 12.8. The number of amides is 1. The van der Waals surface area contributed by atoms with E-state index < -0.39 is 0 Å². The molecule has 1 aromatic heterocycles. The summed E-state index contributed by atoms with van der Waals surface area (Å²) in [6.07, 6.45) is 7.99. The van der Waals surface area contributed by atoms with E-state index in [-0.39, 0.29) is 5.91 Å². The number of nitrogens with two attached hydrogens (primary N) is 1. The number of carbonyl (C=O) groups excluding carboxylic acids is 1. The van der Waals surface area contributed by atoms with Crippen molar-refractivity contribution in [2.24, 2.45) is 11.1 Å². The monoisotopic (exact) mass is 278 g/mol. The zero-order valence-electron chi connectivity index (χ0n) is 12.8. The highest BCUT2D eigenvalue weighted by Gasteiger charge is 2.31. The summed E-state index contributed by atoms with van der Waals surface area (Å²) in [6.45, 7) is 5.86. The van der Waals surface area contributed by atoms with Crippen LogP contribution in [0.4, 0.5) is 0 Å². The minimum Gasteiger partial charge on any atom is -0.337 e. The van der Waals surface area contributed by atoms with Crippen molar-refractivity contribution in [1.82, 2.24) is 14.5 Å². The van der Waals surface area contributed by atoms with Crippen LogP contribution in [-0.2, 0) is 6.54 Å². The molecule has 0 spiro atoms. The van der Waals surface area contributed by atoms with Crippen LogP contribution in [0, 0.1) is 5.41 Å². The molecule has 1 aliphatic rings. The molecule has 2 N–H and O–H groups in total. The molecular weight excluding hydrogens is 252 g/mol. The van der Waals surface area contributed by atoms with Gasteiger partial charge in [-0.3, -0.25) is 4.79 Å². The summed E-state index contributed by atoms with van der Waals surface area (Å²) in [6, 6.07) is 0.343. The Morgan fingerprint density at radius 3 is 2.75 bits per heavy atom. The maximum absolute atomic E-state index is 12.4. The molecule has 0 bridgehead atoms. The molecule has 5 nitrogen and oxygen atoms in total. The van der Waals surface area contributed by atoms with Gasteiger partial charge in [0.2, 0.25) is 0 Å². The highest BCUT2D eigenvalue weighted by molar-refractivity contribution is 5.92. The van der Waals surface area contributed by atoms with Gasteiger partial charge in [-0.2, -0.15) is 0 Å². The molecule has 0 atom stereocenters. The molecule has 1 aromatic rings. The van der Waals surface area contributed by atoms with Crippen LogP contribution in [0.25, 0.3) is 0 Å². The third kappa shape index (κ3) is 3.39. The van der Waals surface area contributed by atoms with E-state index in [1.165, 1.54) is 12.8 Å². The fourth-order valence-corrected chi connectivity index (χ4v) is 2.86. The third-order valence-electron chi connectivity index (χ3n) is 4.42. The molecule has 0 aliphatic heterocycles. The molecule has 1 fully saturated rings. The summed E-state index contributed by atoms with van der Waals surface area (Å²) < 4.78 is 1.87. The summed E-state index contributed by atoms with van der Waals surface area (Å²) in [4.78, 5) is 18.5. The average molecular weight is 278 g/mol. The molecule has 20 heavy (non-hydrogen) atoms. The molecule has 0 unspecified atom stereocenters. The molecule has 5 heteroatoms. The quantitative estimate of drug-likeness (QED) is 0.914. The Morgan fingerprint density at radius 1 is 1.50 bits per heavy atom. The van der Waals surface area contributed by atoms with Crippen LogP contribution in [0.5, 0.6) is 0 Å². The van der Waals surface area contributed by atoms with E-state index >= 15 is 0 Å². The lowest BCUT2D eigenvalue weighted by Crippen LogP contribution is -2.41. The van der Waals surface area contributed by atoms with Crippen LogP contribution in [0.1, 0.15) is 50.0 Å². The molecule has 1 aliphatic carbocycles. The lowest BCUT2D eigenvalue weighted by Gasteiger charge is -2.38. The molecule has 1 saturated carbocycles. The zero-order chi connectivity index (χ0) is 14.8. The third-order valence-corrected chi connectivity index (χ3v) is 4.42. The molecule has 0 aromatic carbocycles. The Morgan fingerprint density at radius 2 is 2.15 bits per heavy atom. The summed E-state index contributed by atoms with van der Waals surface area (Å²) in [5, 5.41) is 0. The number of carbonyl (C=O) groups is 1. The maximum Gasteiger partial charge on any atom is 0.274 e. The normalized spacial score (nSPS) is 19.0. The van der Waals surface area contributed by atoms with Gasteiger partial charge in [0.25, 0.3) is 5.91 Å². The van der Waals surface area contributed by atoms with Crippen LogP contribution >= 0.6 is 0 Å². The van der Waals surface area contributed by atoms with Crippen molar-refractivity contribution in [3.05, 3.63) is 18.2 Å². The first-order chi connectivity index (χ1) is 9.43. The van der Waals surface area contributed by atoms with Crippen LogP contribution < -0.4 is 5.73 Å². The SMILES string of the molecule is CN(C(=O)c1cn(CCN)cn1)C1CCC(C)(C)CC1. The van der Waals surface area contributed by atoms with Gasteiger partial charge in [-0.05, 0) is 31.1 Å². The van der Waals surface area contributed by atoms with Gasteiger partial charge < -0.3 is 15.2 Å². The molecule has 0 radical (unpaired) electrons. The Labute approximate surface area is 121 Å². The molecule has 2 rings (SSSR count). The molecule has 0 saturated heterocycles. The van der Waals surface area contributed by atoms with Crippen LogP contribution in [0.3, 0.4) is 0 Å². The van der Waals surface area contributed by atoms with E-state index in [9.17, 15) is 4.79 Å². The summed E-state index contributed by atoms with van der Waals surface area (Å²) >= 11 is 0. The summed E-state index contributed by atoms with van der Waals surface area (Å²) in [7, 11) is 1.90. The topological polar surface area (TPSA) is 64.2 Å². The van der Waals surface area contributed by atoms with Crippen molar-refractivity contribution in [2.45, 2.75) is 52.1 Å². The second kappa shape index (κ2) is 5.95. The number of nitrogens with zero attached hydrogens (tertiary/aromatic N) is 3. The van der Waals surface area contributed by atoms with Gasteiger partial charge in [0, 0.05) is 32.4 Å². The molecule has 1 heterocycles. The van der Waals surface area contributed by atoms with Crippen molar-refractivity contribution >= 4 is 5.91 Å². The molecular formula is C15H26N4O. The standard InChI is InChI=1S/C15H26N4O/c1-15(2)6-4-12(5-7-15)18(3)14(20)13-10-19(9-8-16)11-17-13/h10-12H,4-9,16H2,1-3H3. The molecule has 112 valence electrons. The number of hydrogen-bond acceptors (Lipinski definition) is 3. The van der Waals surface area contributed by atoms with E-state index in [1.807, 2.05) is 16.5 Å². The maximum atomic E-state index is 12.4. The van der Waals surface area contributed by atoms with Crippen molar-refractivity contribution < 1.29 is 4.79 Å². The fraction of sp³-hybridized carbons (Fsp3) is 0.733. The van der Waals surface area contributed by atoms with Crippen molar-refractivity contribution in [2.75, 3.05) is 13.6 Å². The van der Waals surface area contributed by atoms with Crippen molar-refractivity contribution in [3.63, 3.8) is 0 Å². The lowest BCUT2D eigenvalue weighted by molar-refractivity contribution is 0.0630. The number of rotatable bonds is 4. The highest BCUT2D eigenvalue weighted by atomic mass is 16.2. The second-order valence-electron chi connectivity index (χ2n) is 6.60. The Hall–Kier alpha value is -1.36. The predicted molar refractivity (Wildman–Crippen MR) is 79.4 cm³/mol. The van der Waals surface area contributed by atoms with Gasteiger partial charge >= 0.3 is 0 Å². The first kappa shape index (κ1) is 15.0. The Balaban J connectivity index is 1.97.